The molecule has 0 aromatic heterocycles. The molecule has 6 nitrogen and oxygen atoms in total. The van der Waals surface area contributed by atoms with Gasteiger partial charge in [0.2, 0.25) is 15.9 Å². The van der Waals surface area contributed by atoms with Crippen LogP contribution in [-0.4, -0.2) is 19.9 Å². The van der Waals surface area contributed by atoms with Gasteiger partial charge in [-0.3, -0.25) is 4.79 Å². The van der Waals surface area contributed by atoms with E-state index in [1.54, 1.807) is 0 Å². The van der Waals surface area contributed by atoms with Crippen LogP contribution < -0.4 is 16.2 Å². The van der Waals surface area contributed by atoms with Crippen molar-refractivity contribution in [2.24, 2.45) is 5.73 Å². The van der Waals surface area contributed by atoms with E-state index in [2.05, 4.69) is 4.72 Å². The molecule has 0 bridgehead atoms. The van der Waals surface area contributed by atoms with Crippen LogP contribution in [0.25, 0.3) is 0 Å². The number of nitrogen functional groups attached to an aromatic ring is 1. The van der Waals surface area contributed by atoms with E-state index in [9.17, 15) is 17.6 Å². The molecule has 0 unspecified atom stereocenters. The smallest absolute Gasteiger partial charge is 0.241 e. The molecule has 1 amide bonds. The number of aryl methyl sites for hydroxylation is 1. The van der Waals surface area contributed by atoms with Gasteiger partial charge in [-0.25, -0.2) is 12.8 Å². The molecule has 1 aromatic rings. The molecular weight excluding hydrogens is 273 g/mol. The van der Waals surface area contributed by atoms with Crippen LogP contribution in [0, 0.1) is 12.7 Å². The number of sulfonamides is 1. The van der Waals surface area contributed by atoms with Crippen molar-refractivity contribution in [1.29, 1.82) is 0 Å². The van der Waals surface area contributed by atoms with Crippen molar-refractivity contribution < 1.29 is 17.6 Å². The third-order valence-corrected chi connectivity index (χ3v) is 4.39. The number of carbonyl (C=O) groups excluding carboxylic acids is 1. The van der Waals surface area contributed by atoms with E-state index in [1.165, 1.54) is 20.8 Å². The van der Waals surface area contributed by atoms with Crippen molar-refractivity contribution in [2.45, 2.75) is 31.2 Å². The predicted octanol–water partition coefficient (Wildman–Crippen LogP) is 0.259. The zero-order valence-corrected chi connectivity index (χ0v) is 11.6. The number of carbonyl (C=O) groups is 1. The number of primary amides is 1. The molecule has 0 spiro atoms. The monoisotopic (exact) mass is 289 g/mol. The summed E-state index contributed by atoms with van der Waals surface area (Å²) in [6.07, 6.45) is 0. The average Bonchev–Trinajstić information content (AvgIpc) is 2.21. The summed E-state index contributed by atoms with van der Waals surface area (Å²) in [7, 11) is -4.03. The molecule has 19 heavy (non-hydrogen) atoms. The first-order valence-electron chi connectivity index (χ1n) is 5.37. The van der Waals surface area contributed by atoms with E-state index in [4.69, 9.17) is 11.5 Å². The highest BCUT2D eigenvalue weighted by atomic mass is 32.2. The highest BCUT2D eigenvalue weighted by molar-refractivity contribution is 7.89. The lowest BCUT2D eigenvalue weighted by Gasteiger charge is -2.22. The molecule has 0 radical (unpaired) electrons. The van der Waals surface area contributed by atoms with Crippen molar-refractivity contribution >= 4 is 21.6 Å². The SMILES string of the molecule is Cc1cc(F)c(N)cc1S(=O)(=O)NC(C)(C)C(N)=O. The standard InChI is InChI=1S/C11H16FN3O3S/c1-6-4-7(12)8(13)5-9(6)19(17,18)15-11(2,3)10(14)16/h4-5,15H,13H2,1-3H3,(H2,14,16). The minimum absolute atomic E-state index is 0.180. The van der Waals surface area contributed by atoms with Crippen molar-refractivity contribution in [3.05, 3.63) is 23.5 Å². The Labute approximate surface area is 111 Å². The Morgan fingerprint density at radius 1 is 1.37 bits per heavy atom. The molecule has 0 fully saturated rings. The lowest BCUT2D eigenvalue weighted by Crippen LogP contribution is -2.52. The van der Waals surface area contributed by atoms with E-state index in [-0.39, 0.29) is 16.1 Å². The number of nitrogens with one attached hydrogen (secondary N) is 1. The van der Waals surface area contributed by atoms with Crippen molar-refractivity contribution in [3.63, 3.8) is 0 Å². The molecule has 0 heterocycles. The second-order valence-electron chi connectivity index (χ2n) is 4.73. The van der Waals surface area contributed by atoms with Gasteiger partial charge in [-0.1, -0.05) is 0 Å². The zero-order chi connectivity index (χ0) is 15.0. The van der Waals surface area contributed by atoms with Gasteiger partial charge in [0.1, 0.15) is 11.4 Å². The third kappa shape index (κ3) is 3.21. The molecule has 106 valence electrons. The Morgan fingerprint density at radius 2 is 1.89 bits per heavy atom. The van der Waals surface area contributed by atoms with E-state index in [1.807, 2.05) is 0 Å². The summed E-state index contributed by atoms with van der Waals surface area (Å²) in [6, 6.07) is 2.02. The summed E-state index contributed by atoms with van der Waals surface area (Å²) >= 11 is 0. The molecule has 1 rings (SSSR count). The fourth-order valence-electron chi connectivity index (χ4n) is 1.40. The van der Waals surface area contributed by atoms with Crippen LogP contribution >= 0.6 is 0 Å². The first-order chi connectivity index (χ1) is 8.47. The first kappa shape index (κ1) is 15.4. The molecule has 0 aliphatic heterocycles. The van der Waals surface area contributed by atoms with Gasteiger partial charge in [0.15, 0.2) is 0 Å². The van der Waals surface area contributed by atoms with E-state index >= 15 is 0 Å². The number of nitrogens with two attached hydrogens (primary N) is 2. The van der Waals surface area contributed by atoms with Crippen molar-refractivity contribution in [1.82, 2.24) is 4.72 Å². The number of hydrogen-bond acceptors (Lipinski definition) is 4. The number of halogens is 1. The van der Waals surface area contributed by atoms with Crippen molar-refractivity contribution in [3.8, 4) is 0 Å². The summed E-state index contributed by atoms with van der Waals surface area (Å²) in [4.78, 5) is 11.0. The highest BCUT2D eigenvalue weighted by Gasteiger charge is 2.32. The zero-order valence-electron chi connectivity index (χ0n) is 10.8. The number of benzene rings is 1. The molecule has 0 aliphatic carbocycles. The van der Waals surface area contributed by atoms with Gasteiger partial charge in [0, 0.05) is 0 Å². The molecule has 0 atom stereocenters. The maximum atomic E-state index is 13.2. The van der Waals surface area contributed by atoms with Crippen LogP contribution in [-0.2, 0) is 14.8 Å². The average molecular weight is 289 g/mol. The van der Waals surface area contributed by atoms with Crippen LogP contribution in [0.4, 0.5) is 10.1 Å². The minimum atomic E-state index is -4.03. The summed E-state index contributed by atoms with van der Waals surface area (Å²) in [5.74, 6) is -1.53. The molecule has 8 heteroatoms. The van der Waals surface area contributed by atoms with Gasteiger partial charge in [-0.2, -0.15) is 4.72 Å². The number of hydrogen-bond donors (Lipinski definition) is 3. The normalized spacial score (nSPS) is 12.4. The molecule has 0 saturated carbocycles. The highest BCUT2D eigenvalue weighted by Crippen LogP contribution is 2.22. The summed E-state index contributed by atoms with van der Waals surface area (Å²) in [5, 5.41) is 0. The fourth-order valence-corrected chi connectivity index (χ4v) is 3.05. The largest absolute Gasteiger partial charge is 0.396 e. The van der Waals surface area contributed by atoms with Crippen LogP contribution in [0.15, 0.2) is 17.0 Å². The Bertz CT molecular complexity index is 626. The van der Waals surface area contributed by atoms with Gasteiger partial charge >= 0.3 is 0 Å². The summed E-state index contributed by atoms with van der Waals surface area (Å²) < 4.78 is 39.6. The van der Waals surface area contributed by atoms with Gasteiger partial charge < -0.3 is 11.5 Å². The maximum Gasteiger partial charge on any atom is 0.241 e. The molecule has 5 N–H and O–H groups in total. The van der Waals surface area contributed by atoms with Crippen molar-refractivity contribution in [2.75, 3.05) is 5.73 Å². The molecule has 1 aromatic carbocycles. The fraction of sp³-hybridized carbons (Fsp3) is 0.364. The number of amides is 1. The van der Waals surface area contributed by atoms with Crippen LogP contribution in [0.3, 0.4) is 0 Å². The quantitative estimate of drug-likeness (QED) is 0.689. The minimum Gasteiger partial charge on any atom is -0.396 e. The molecule has 0 aliphatic rings. The van der Waals surface area contributed by atoms with Gasteiger partial charge in [0.25, 0.3) is 0 Å². The van der Waals surface area contributed by atoms with Crippen LogP contribution in [0.2, 0.25) is 0 Å². The Hall–Kier alpha value is -1.67. The van der Waals surface area contributed by atoms with Gasteiger partial charge in [-0.05, 0) is 38.5 Å². The van der Waals surface area contributed by atoms with Gasteiger partial charge in [-0.15, -0.1) is 0 Å². The van der Waals surface area contributed by atoms with Crippen LogP contribution in [0.5, 0.6) is 0 Å². The topological polar surface area (TPSA) is 115 Å². The summed E-state index contributed by atoms with van der Waals surface area (Å²) in [6.45, 7) is 4.08. The summed E-state index contributed by atoms with van der Waals surface area (Å²) in [5.41, 5.74) is 8.88. The van der Waals surface area contributed by atoms with E-state index < -0.39 is 27.3 Å². The second-order valence-corrected chi connectivity index (χ2v) is 6.38. The lowest BCUT2D eigenvalue weighted by molar-refractivity contribution is -0.122. The van der Waals surface area contributed by atoms with E-state index in [0.717, 1.165) is 12.1 Å². The number of rotatable bonds is 4. The molecular formula is C11H16FN3O3S. The predicted molar refractivity (Wildman–Crippen MR) is 69.1 cm³/mol. The van der Waals surface area contributed by atoms with Gasteiger partial charge in [0.05, 0.1) is 10.6 Å². The van der Waals surface area contributed by atoms with E-state index in [0.29, 0.717) is 0 Å². The number of anilines is 1. The first-order valence-corrected chi connectivity index (χ1v) is 6.85. The molecule has 0 saturated heterocycles. The maximum absolute atomic E-state index is 13.2. The lowest BCUT2D eigenvalue weighted by atomic mass is 10.1. The second kappa shape index (κ2) is 4.78. The Morgan fingerprint density at radius 3 is 2.37 bits per heavy atom. The van der Waals surface area contributed by atoms with Crippen LogP contribution in [0.1, 0.15) is 19.4 Å². The Kier molecular flexibility index (Phi) is 3.87. The Balaban J connectivity index is 3.30. The third-order valence-electron chi connectivity index (χ3n) is 2.59.